The van der Waals surface area contributed by atoms with Crippen molar-refractivity contribution in [2.24, 2.45) is 5.92 Å². The Hall–Kier alpha value is -2.80. The van der Waals surface area contributed by atoms with Crippen LogP contribution in [0.25, 0.3) is 21.6 Å². The van der Waals surface area contributed by atoms with Crippen LogP contribution >= 0.6 is 11.3 Å². The van der Waals surface area contributed by atoms with Crippen molar-refractivity contribution in [1.29, 1.82) is 0 Å². The molecule has 0 bridgehead atoms. The number of aromatic nitrogens is 4. The highest BCUT2D eigenvalue weighted by Crippen LogP contribution is 2.32. The predicted molar refractivity (Wildman–Crippen MR) is 111 cm³/mol. The molecule has 1 saturated heterocycles. The van der Waals surface area contributed by atoms with E-state index < -0.39 is 0 Å². The van der Waals surface area contributed by atoms with Gasteiger partial charge in [0.05, 0.1) is 10.4 Å². The van der Waals surface area contributed by atoms with Gasteiger partial charge in [0.25, 0.3) is 0 Å². The van der Waals surface area contributed by atoms with Crippen LogP contribution in [0, 0.1) is 12.8 Å². The van der Waals surface area contributed by atoms with Crippen LogP contribution in [-0.2, 0) is 6.42 Å². The molecular formula is C21H21N5OS. The highest BCUT2D eigenvalue weighted by Gasteiger charge is 2.25. The topological polar surface area (TPSA) is 67.9 Å². The third-order valence-corrected chi connectivity index (χ3v) is 6.05. The molecule has 4 aromatic rings. The molecule has 1 unspecified atom stereocenters. The minimum Gasteiger partial charge on any atom is -0.356 e. The van der Waals surface area contributed by atoms with Crippen molar-refractivity contribution in [3.8, 4) is 10.7 Å². The molecule has 0 saturated carbocycles. The highest BCUT2D eigenvalue weighted by molar-refractivity contribution is 7.13. The van der Waals surface area contributed by atoms with E-state index in [1.165, 1.54) is 6.42 Å². The quantitative estimate of drug-likeness (QED) is 0.510. The predicted octanol–water partition coefficient (Wildman–Crippen LogP) is 4.51. The molecule has 1 aromatic carbocycles. The van der Waals surface area contributed by atoms with Crippen molar-refractivity contribution in [2.75, 3.05) is 18.0 Å². The molecular weight excluding hydrogens is 370 g/mol. The molecule has 7 heteroatoms. The van der Waals surface area contributed by atoms with E-state index in [4.69, 9.17) is 14.5 Å². The van der Waals surface area contributed by atoms with Crippen molar-refractivity contribution >= 4 is 28.1 Å². The number of hydrogen-bond donors (Lipinski definition) is 0. The Morgan fingerprint density at radius 3 is 2.89 bits per heavy atom. The second-order valence-corrected chi connectivity index (χ2v) is 8.20. The first-order valence-electron chi connectivity index (χ1n) is 9.61. The van der Waals surface area contributed by atoms with Crippen molar-refractivity contribution in [3.05, 3.63) is 53.5 Å². The van der Waals surface area contributed by atoms with Crippen LogP contribution in [0.5, 0.6) is 0 Å². The lowest BCUT2D eigenvalue weighted by molar-refractivity contribution is 0.369. The van der Waals surface area contributed by atoms with E-state index in [1.807, 2.05) is 19.1 Å². The van der Waals surface area contributed by atoms with Gasteiger partial charge in [-0.15, -0.1) is 11.3 Å². The number of fused-ring (bicyclic) bond motifs is 1. The summed E-state index contributed by atoms with van der Waals surface area (Å²) in [5.41, 5.74) is 0.992. The molecule has 1 aliphatic rings. The van der Waals surface area contributed by atoms with Gasteiger partial charge in [0.1, 0.15) is 5.82 Å². The Balaban J connectivity index is 1.49. The number of benzene rings is 1. The summed E-state index contributed by atoms with van der Waals surface area (Å²) in [7, 11) is 0. The molecule has 4 heterocycles. The van der Waals surface area contributed by atoms with Gasteiger partial charge in [-0.2, -0.15) is 4.98 Å². The van der Waals surface area contributed by atoms with Gasteiger partial charge >= 0.3 is 0 Å². The second-order valence-electron chi connectivity index (χ2n) is 7.25. The van der Waals surface area contributed by atoms with Crippen molar-refractivity contribution in [2.45, 2.75) is 26.2 Å². The number of piperidine rings is 1. The average molecular weight is 392 g/mol. The molecule has 0 radical (unpaired) electrons. The molecule has 142 valence electrons. The SMILES string of the molecule is Cc1nc(CC2CCCN(c3nc(-c4cccs4)nc4ccccc34)C2)no1. The molecule has 0 aliphatic carbocycles. The fourth-order valence-electron chi connectivity index (χ4n) is 3.92. The number of thiophene rings is 1. The van der Waals surface area contributed by atoms with Crippen LogP contribution in [0.3, 0.4) is 0 Å². The molecule has 3 aromatic heterocycles. The molecule has 0 spiro atoms. The number of aryl methyl sites for hydroxylation is 1. The highest BCUT2D eigenvalue weighted by atomic mass is 32.1. The van der Waals surface area contributed by atoms with Crippen LogP contribution in [0.1, 0.15) is 24.6 Å². The standard InChI is InChI=1S/C21H21N5OS/c1-14-22-19(25-27-14)12-15-6-4-10-26(13-15)21-16-7-2-3-8-17(16)23-20(24-21)18-9-5-11-28-18/h2-3,5,7-9,11,15H,4,6,10,12-13H2,1H3. The number of rotatable bonds is 4. The summed E-state index contributed by atoms with van der Waals surface area (Å²) >= 11 is 1.67. The third kappa shape index (κ3) is 3.38. The van der Waals surface area contributed by atoms with Crippen LogP contribution < -0.4 is 4.90 Å². The number of anilines is 1. The van der Waals surface area contributed by atoms with Gasteiger partial charge in [0.2, 0.25) is 5.89 Å². The van der Waals surface area contributed by atoms with E-state index in [0.29, 0.717) is 11.8 Å². The molecule has 6 nitrogen and oxygen atoms in total. The van der Waals surface area contributed by atoms with Gasteiger partial charge in [-0.1, -0.05) is 23.4 Å². The van der Waals surface area contributed by atoms with Gasteiger partial charge in [0, 0.05) is 31.8 Å². The summed E-state index contributed by atoms with van der Waals surface area (Å²) in [6.07, 6.45) is 3.15. The van der Waals surface area contributed by atoms with E-state index in [1.54, 1.807) is 11.3 Å². The van der Waals surface area contributed by atoms with Gasteiger partial charge < -0.3 is 9.42 Å². The van der Waals surface area contributed by atoms with E-state index in [9.17, 15) is 0 Å². The molecule has 1 aliphatic heterocycles. The number of para-hydroxylation sites is 1. The summed E-state index contributed by atoms with van der Waals surface area (Å²) < 4.78 is 5.14. The smallest absolute Gasteiger partial charge is 0.223 e. The molecule has 1 atom stereocenters. The first-order valence-corrected chi connectivity index (χ1v) is 10.5. The Bertz CT molecular complexity index is 1090. The Morgan fingerprint density at radius 2 is 2.07 bits per heavy atom. The van der Waals surface area contributed by atoms with Crippen molar-refractivity contribution < 1.29 is 4.52 Å². The van der Waals surface area contributed by atoms with Gasteiger partial charge in [-0.05, 0) is 42.3 Å². The maximum Gasteiger partial charge on any atom is 0.223 e. The van der Waals surface area contributed by atoms with E-state index in [0.717, 1.165) is 59.2 Å². The lowest BCUT2D eigenvalue weighted by Crippen LogP contribution is -2.37. The zero-order valence-electron chi connectivity index (χ0n) is 15.7. The third-order valence-electron chi connectivity index (χ3n) is 5.18. The Morgan fingerprint density at radius 1 is 1.14 bits per heavy atom. The number of nitrogens with zero attached hydrogens (tertiary/aromatic N) is 5. The normalized spacial score (nSPS) is 17.3. The second kappa shape index (κ2) is 7.31. The minimum atomic E-state index is 0.490. The molecule has 0 amide bonds. The van der Waals surface area contributed by atoms with E-state index in [-0.39, 0.29) is 0 Å². The van der Waals surface area contributed by atoms with Crippen LogP contribution in [0.4, 0.5) is 5.82 Å². The zero-order chi connectivity index (χ0) is 18.9. The lowest BCUT2D eigenvalue weighted by atomic mass is 9.94. The summed E-state index contributed by atoms with van der Waals surface area (Å²) in [5.74, 6) is 3.76. The summed E-state index contributed by atoms with van der Waals surface area (Å²) in [6, 6.07) is 12.4. The van der Waals surface area contributed by atoms with Gasteiger partial charge in [0.15, 0.2) is 11.6 Å². The largest absolute Gasteiger partial charge is 0.356 e. The molecule has 28 heavy (non-hydrogen) atoms. The molecule has 1 fully saturated rings. The minimum absolute atomic E-state index is 0.490. The average Bonchev–Trinajstić information content (AvgIpc) is 3.39. The lowest BCUT2D eigenvalue weighted by Gasteiger charge is -2.34. The monoisotopic (exact) mass is 391 g/mol. The van der Waals surface area contributed by atoms with Crippen LogP contribution in [-0.4, -0.2) is 33.2 Å². The van der Waals surface area contributed by atoms with E-state index in [2.05, 4.69) is 44.7 Å². The van der Waals surface area contributed by atoms with Gasteiger partial charge in [-0.3, -0.25) is 0 Å². The van der Waals surface area contributed by atoms with Gasteiger partial charge in [-0.25, -0.2) is 9.97 Å². The van der Waals surface area contributed by atoms with Crippen molar-refractivity contribution in [1.82, 2.24) is 20.1 Å². The molecule has 0 N–H and O–H groups in total. The fraction of sp³-hybridized carbons (Fsp3) is 0.333. The summed E-state index contributed by atoms with van der Waals surface area (Å²) in [6.45, 7) is 3.79. The Labute approximate surface area is 167 Å². The zero-order valence-corrected chi connectivity index (χ0v) is 16.5. The number of hydrogen-bond acceptors (Lipinski definition) is 7. The van der Waals surface area contributed by atoms with Crippen LogP contribution in [0.15, 0.2) is 46.3 Å². The summed E-state index contributed by atoms with van der Waals surface area (Å²) in [5, 5.41) is 7.25. The summed E-state index contributed by atoms with van der Waals surface area (Å²) in [4.78, 5) is 17.7. The van der Waals surface area contributed by atoms with Crippen LogP contribution in [0.2, 0.25) is 0 Å². The first kappa shape index (κ1) is 17.3. The maximum absolute atomic E-state index is 5.14. The fourth-order valence-corrected chi connectivity index (χ4v) is 4.58. The maximum atomic E-state index is 5.14. The first-order chi connectivity index (χ1) is 13.8. The molecule has 5 rings (SSSR count). The van der Waals surface area contributed by atoms with E-state index >= 15 is 0 Å². The van der Waals surface area contributed by atoms with Crippen molar-refractivity contribution in [3.63, 3.8) is 0 Å². The Kier molecular flexibility index (Phi) is 4.52.